The maximum atomic E-state index is 12.2. The molecule has 84 valence electrons. The molecule has 0 atom stereocenters. The van der Waals surface area contributed by atoms with E-state index in [0.717, 1.165) is 12.3 Å². The van der Waals surface area contributed by atoms with Crippen LogP contribution in [0.1, 0.15) is 11.5 Å². The lowest BCUT2D eigenvalue weighted by Gasteiger charge is -2.05. The second kappa shape index (κ2) is 3.58. The minimum absolute atomic E-state index is 0.172. The maximum Gasteiger partial charge on any atom is 0.417 e. The van der Waals surface area contributed by atoms with Gasteiger partial charge in [-0.2, -0.15) is 18.2 Å². The minimum Gasteiger partial charge on any atom is -0.339 e. The molecule has 0 saturated carbocycles. The van der Waals surface area contributed by atoms with Gasteiger partial charge in [0.2, 0.25) is 11.7 Å². The van der Waals surface area contributed by atoms with E-state index >= 15 is 0 Å². The van der Waals surface area contributed by atoms with E-state index in [1.807, 2.05) is 0 Å². The molecule has 0 aromatic carbocycles. The number of aryl methyl sites for hydroxylation is 1. The van der Waals surface area contributed by atoms with Gasteiger partial charge in [0.1, 0.15) is 5.69 Å². The Labute approximate surface area is 88.1 Å². The molecular formula is C9H6F3N3O. The van der Waals surface area contributed by atoms with E-state index in [-0.39, 0.29) is 11.5 Å². The van der Waals surface area contributed by atoms with Gasteiger partial charge in [0.25, 0.3) is 0 Å². The van der Waals surface area contributed by atoms with Crippen LogP contribution >= 0.6 is 0 Å². The van der Waals surface area contributed by atoms with E-state index in [4.69, 9.17) is 4.52 Å². The largest absolute Gasteiger partial charge is 0.417 e. The Morgan fingerprint density at radius 2 is 2.00 bits per heavy atom. The van der Waals surface area contributed by atoms with E-state index in [1.165, 1.54) is 6.07 Å². The van der Waals surface area contributed by atoms with Crippen molar-refractivity contribution in [1.29, 1.82) is 0 Å². The number of aromatic nitrogens is 3. The fourth-order valence-corrected chi connectivity index (χ4v) is 1.10. The number of halogens is 3. The lowest BCUT2D eigenvalue weighted by Crippen LogP contribution is -2.05. The number of nitrogens with zero attached hydrogens (tertiary/aromatic N) is 3. The standard InChI is InChI=1S/C9H6F3N3O/c1-5-14-8(15-16-5)7-3-2-6(4-13-7)9(10,11)12/h2-4H,1H3. The van der Waals surface area contributed by atoms with E-state index in [0.29, 0.717) is 5.89 Å². The highest BCUT2D eigenvalue weighted by Crippen LogP contribution is 2.29. The lowest BCUT2D eigenvalue weighted by molar-refractivity contribution is -0.137. The number of hydrogen-bond acceptors (Lipinski definition) is 4. The third-order valence-corrected chi connectivity index (χ3v) is 1.85. The van der Waals surface area contributed by atoms with Crippen molar-refractivity contribution in [3.8, 4) is 11.5 Å². The van der Waals surface area contributed by atoms with Gasteiger partial charge in [-0.25, -0.2) is 0 Å². The van der Waals surface area contributed by atoms with E-state index in [1.54, 1.807) is 6.92 Å². The molecule has 2 aromatic rings. The fraction of sp³-hybridized carbons (Fsp3) is 0.222. The highest BCUT2D eigenvalue weighted by Gasteiger charge is 2.30. The fourth-order valence-electron chi connectivity index (χ4n) is 1.10. The molecule has 2 rings (SSSR count). The first-order valence-electron chi connectivity index (χ1n) is 4.31. The summed E-state index contributed by atoms with van der Waals surface area (Å²) < 4.78 is 41.4. The van der Waals surface area contributed by atoms with E-state index in [9.17, 15) is 13.2 Å². The second-order valence-corrected chi connectivity index (χ2v) is 3.07. The Bertz CT molecular complexity index is 489. The summed E-state index contributed by atoms with van der Waals surface area (Å²) in [5.41, 5.74) is -0.568. The van der Waals surface area contributed by atoms with Crippen LogP contribution in [0.3, 0.4) is 0 Å². The Kier molecular flexibility index (Phi) is 2.37. The monoisotopic (exact) mass is 229 g/mol. The molecule has 0 unspecified atom stereocenters. The molecule has 2 aromatic heterocycles. The number of pyridine rings is 1. The third kappa shape index (κ3) is 2.02. The van der Waals surface area contributed by atoms with Gasteiger partial charge in [-0.1, -0.05) is 5.16 Å². The quantitative estimate of drug-likeness (QED) is 0.753. The Morgan fingerprint density at radius 1 is 1.25 bits per heavy atom. The highest BCUT2D eigenvalue weighted by atomic mass is 19.4. The number of hydrogen-bond donors (Lipinski definition) is 0. The third-order valence-electron chi connectivity index (χ3n) is 1.85. The smallest absolute Gasteiger partial charge is 0.339 e. The van der Waals surface area contributed by atoms with Gasteiger partial charge in [-0.3, -0.25) is 4.98 Å². The van der Waals surface area contributed by atoms with Crippen LogP contribution in [0.25, 0.3) is 11.5 Å². The molecule has 0 aliphatic carbocycles. The van der Waals surface area contributed by atoms with Crippen molar-refractivity contribution >= 4 is 0 Å². The molecule has 4 nitrogen and oxygen atoms in total. The van der Waals surface area contributed by atoms with Crippen LogP contribution in [-0.2, 0) is 6.18 Å². The summed E-state index contributed by atoms with van der Waals surface area (Å²) in [6.07, 6.45) is -3.65. The summed E-state index contributed by atoms with van der Waals surface area (Å²) in [6.45, 7) is 1.58. The van der Waals surface area contributed by atoms with Crippen LogP contribution in [0.15, 0.2) is 22.9 Å². The normalized spacial score (nSPS) is 11.8. The Morgan fingerprint density at radius 3 is 2.44 bits per heavy atom. The molecule has 0 aliphatic rings. The molecule has 0 N–H and O–H groups in total. The van der Waals surface area contributed by atoms with Crippen LogP contribution in [0.5, 0.6) is 0 Å². The van der Waals surface area contributed by atoms with Crippen molar-refractivity contribution in [3.05, 3.63) is 29.8 Å². The first kappa shape index (κ1) is 10.6. The zero-order valence-electron chi connectivity index (χ0n) is 8.12. The summed E-state index contributed by atoms with van der Waals surface area (Å²) in [4.78, 5) is 7.47. The molecule has 7 heteroatoms. The first-order chi connectivity index (χ1) is 7.47. The van der Waals surface area contributed by atoms with Crippen LogP contribution in [0, 0.1) is 6.92 Å². The van der Waals surface area contributed by atoms with Gasteiger partial charge in [0.05, 0.1) is 5.56 Å². The average Bonchev–Trinajstić information content (AvgIpc) is 2.64. The SMILES string of the molecule is Cc1nc(-c2ccc(C(F)(F)F)cn2)no1. The summed E-state index contributed by atoms with van der Waals surface area (Å²) >= 11 is 0. The van der Waals surface area contributed by atoms with Crippen LogP contribution in [0.4, 0.5) is 13.2 Å². The van der Waals surface area contributed by atoms with Crippen molar-refractivity contribution in [2.24, 2.45) is 0 Å². The van der Waals surface area contributed by atoms with Gasteiger partial charge in [0.15, 0.2) is 0 Å². The molecule has 16 heavy (non-hydrogen) atoms. The predicted octanol–water partition coefficient (Wildman–Crippen LogP) is 2.46. The van der Waals surface area contributed by atoms with Crippen molar-refractivity contribution < 1.29 is 17.7 Å². The van der Waals surface area contributed by atoms with Crippen LogP contribution < -0.4 is 0 Å². The van der Waals surface area contributed by atoms with Crippen molar-refractivity contribution in [3.63, 3.8) is 0 Å². The van der Waals surface area contributed by atoms with Crippen molar-refractivity contribution in [1.82, 2.24) is 15.1 Å². The van der Waals surface area contributed by atoms with Gasteiger partial charge < -0.3 is 4.52 Å². The average molecular weight is 229 g/mol. The molecule has 0 spiro atoms. The van der Waals surface area contributed by atoms with Gasteiger partial charge in [0, 0.05) is 13.1 Å². The van der Waals surface area contributed by atoms with Crippen molar-refractivity contribution in [2.75, 3.05) is 0 Å². The zero-order chi connectivity index (χ0) is 11.8. The van der Waals surface area contributed by atoms with Gasteiger partial charge in [-0.05, 0) is 12.1 Å². The summed E-state index contributed by atoms with van der Waals surface area (Å²) in [5, 5.41) is 3.55. The first-order valence-corrected chi connectivity index (χ1v) is 4.31. The topological polar surface area (TPSA) is 51.8 Å². The molecule has 0 aliphatic heterocycles. The summed E-state index contributed by atoms with van der Waals surface area (Å²) in [5.74, 6) is 0.503. The zero-order valence-corrected chi connectivity index (χ0v) is 8.12. The Hall–Kier alpha value is -1.92. The van der Waals surface area contributed by atoms with Crippen LogP contribution in [-0.4, -0.2) is 15.1 Å². The molecule has 2 heterocycles. The second-order valence-electron chi connectivity index (χ2n) is 3.07. The summed E-state index contributed by atoms with van der Waals surface area (Å²) in [6, 6.07) is 2.13. The molecule has 0 saturated heterocycles. The van der Waals surface area contributed by atoms with E-state index < -0.39 is 11.7 Å². The van der Waals surface area contributed by atoms with Gasteiger partial charge >= 0.3 is 6.18 Å². The number of rotatable bonds is 1. The molecular weight excluding hydrogens is 223 g/mol. The van der Waals surface area contributed by atoms with Crippen molar-refractivity contribution in [2.45, 2.75) is 13.1 Å². The molecule has 0 radical (unpaired) electrons. The molecule has 0 amide bonds. The van der Waals surface area contributed by atoms with Gasteiger partial charge in [-0.15, -0.1) is 0 Å². The molecule has 0 bridgehead atoms. The minimum atomic E-state index is -4.39. The Balaban J connectivity index is 2.33. The predicted molar refractivity (Wildman–Crippen MR) is 47.3 cm³/mol. The lowest BCUT2D eigenvalue weighted by atomic mass is 10.2. The van der Waals surface area contributed by atoms with E-state index in [2.05, 4.69) is 15.1 Å². The maximum absolute atomic E-state index is 12.2. The highest BCUT2D eigenvalue weighted by molar-refractivity contribution is 5.48. The summed E-state index contributed by atoms with van der Waals surface area (Å²) in [7, 11) is 0. The van der Waals surface area contributed by atoms with Crippen LogP contribution in [0.2, 0.25) is 0 Å². The number of alkyl halides is 3. The molecule has 0 fully saturated rings.